The molecule has 1 amide bonds. The molecule has 3 aromatic rings. The van der Waals surface area contributed by atoms with E-state index in [0.29, 0.717) is 35.7 Å². The maximum absolute atomic E-state index is 13.1. The third-order valence-corrected chi connectivity index (χ3v) is 5.84. The van der Waals surface area contributed by atoms with Crippen LogP contribution in [-0.4, -0.2) is 47.9 Å². The highest BCUT2D eigenvalue weighted by molar-refractivity contribution is 6.19. The Morgan fingerprint density at radius 1 is 1.16 bits per heavy atom. The summed E-state index contributed by atoms with van der Waals surface area (Å²) in [4.78, 5) is 17.8. The number of ether oxygens (including phenoxy) is 1. The SMILES string of the molecule is COCCC1=CC=CN/C1=C(\C=N)c1nnc(NC2N=C(c3ccccc3)c3ccccc3NC2=O)o1. The average molecular weight is 496 g/mol. The van der Waals surface area contributed by atoms with Crippen molar-refractivity contribution in [3.8, 4) is 0 Å². The third-order valence-electron chi connectivity index (χ3n) is 5.84. The van der Waals surface area contributed by atoms with Crippen molar-refractivity contribution in [1.82, 2.24) is 15.5 Å². The highest BCUT2D eigenvalue weighted by Gasteiger charge is 2.27. The van der Waals surface area contributed by atoms with Crippen molar-refractivity contribution < 1.29 is 13.9 Å². The van der Waals surface area contributed by atoms with E-state index in [-0.39, 0.29) is 17.8 Å². The Morgan fingerprint density at radius 2 is 1.97 bits per heavy atom. The predicted molar refractivity (Wildman–Crippen MR) is 141 cm³/mol. The summed E-state index contributed by atoms with van der Waals surface area (Å²) in [6, 6.07) is 17.2. The molecule has 0 fully saturated rings. The number of dihydropyridines is 1. The monoisotopic (exact) mass is 495 g/mol. The van der Waals surface area contributed by atoms with Crippen molar-refractivity contribution in [2.45, 2.75) is 12.6 Å². The Kier molecular flexibility index (Phi) is 7.00. The summed E-state index contributed by atoms with van der Waals surface area (Å²) in [5.41, 5.74) is 5.02. The molecular weight excluding hydrogens is 470 g/mol. The van der Waals surface area contributed by atoms with Gasteiger partial charge in [-0.05, 0) is 24.1 Å². The van der Waals surface area contributed by atoms with Gasteiger partial charge in [0.2, 0.25) is 6.17 Å². The number of amides is 1. The summed E-state index contributed by atoms with van der Waals surface area (Å²) in [5, 5.41) is 25.2. The molecule has 0 bridgehead atoms. The molecule has 0 saturated carbocycles. The van der Waals surface area contributed by atoms with Crippen molar-refractivity contribution in [1.29, 1.82) is 5.41 Å². The molecule has 3 heterocycles. The average Bonchev–Trinajstić information content (AvgIpc) is 3.34. The summed E-state index contributed by atoms with van der Waals surface area (Å²) in [6.45, 7) is 0.522. The van der Waals surface area contributed by atoms with Crippen LogP contribution in [0, 0.1) is 5.41 Å². The first kappa shape index (κ1) is 23.9. The molecule has 1 aromatic heterocycles. The number of benzodiazepines with no additional fused rings is 1. The van der Waals surface area contributed by atoms with E-state index in [1.165, 1.54) is 0 Å². The van der Waals surface area contributed by atoms with Crippen LogP contribution in [0.3, 0.4) is 0 Å². The molecule has 37 heavy (non-hydrogen) atoms. The molecule has 0 spiro atoms. The second kappa shape index (κ2) is 10.8. The molecular formula is C27H25N7O3. The fourth-order valence-electron chi connectivity index (χ4n) is 4.07. The fraction of sp³-hybridized carbons (Fsp3) is 0.148. The maximum Gasteiger partial charge on any atom is 0.317 e. The first-order chi connectivity index (χ1) is 18.2. The number of carbonyl (C=O) groups is 1. The summed E-state index contributed by atoms with van der Waals surface area (Å²) in [5.74, 6) is -0.240. The Labute approximate surface area is 213 Å². The zero-order chi connectivity index (χ0) is 25.6. The molecule has 2 aromatic carbocycles. The Balaban J connectivity index is 1.46. The number of anilines is 2. The van der Waals surface area contributed by atoms with Gasteiger partial charge in [-0.25, -0.2) is 4.99 Å². The minimum atomic E-state index is -1.03. The van der Waals surface area contributed by atoms with Gasteiger partial charge in [-0.3, -0.25) is 4.79 Å². The normalized spacial score (nSPS) is 18.0. The molecule has 2 aliphatic heterocycles. The van der Waals surface area contributed by atoms with Gasteiger partial charge >= 0.3 is 6.01 Å². The number of para-hydroxylation sites is 1. The van der Waals surface area contributed by atoms with Crippen LogP contribution >= 0.6 is 0 Å². The van der Waals surface area contributed by atoms with E-state index in [2.05, 4.69) is 26.1 Å². The van der Waals surface area contributed by atoms with E-state index >= 15 is 0 Å². The molecule has 186 valence electrons. The first-order valence-electron chi connectivity index (χ1n) is 11.7. The van der Waals surface area contributed by atoms with E-state index in [0.717, 1.165) is 22.9 Å². The zero-order valence-corrected chi connectivity index (χ0v) is 20.1. The Morgan fingerprint density at radius 3 is 2.78 bits per heavy atom. The van der Waals surface area contributed by atoms with Gasteiger partial charge in [0, 0.05) is 30.7 Å². The lowest BCUT2D eigenvalue weighted by atomic mass is 10.0. The largest absolute Gasteiger partial charge is 0.403 e. The Bertz CT molecular complexity index is 1440. The summed E-state index contributed by atoms with van der Waals surface area (Å²) < 4.78 is 11.0. The lowest BCUT2D eigenvalue weighted by Gasteiger charge is -2.17. The number of hydrogen-bond acceptors (Lipinski definition) is 9. The van der Waals surface area contributed by atoms with Gasteiger partial charge < -0.3 is 30.5 Å². The van der Waals surface area contributed by atoms with Crippen LogP contribution in [-0.2, 0) is 9.53 Å². The number of rotatable bonds is 8. The highest BCUT2D eigenvalue weighted by Crippen LogP contribution is 2.27. The molecule has 0 radical (unpaired) electrons. The third kappa shape index (κ3) is 5.09. The van der Waals surface area contributed by atoms with Crippen molar-refractivity contribution in [3.63, 3.8) is 0 Å². The van der Waals surface area contributed by atoms with Crippen molar-refractivity contribution in [2.75, 3.05) is 24.4 Å². The number of methoxy groups -OCH3 is 1. The van der Waals surface area contributed by atoms with Crippen LogP contribution in [0.5, 0.6) is 0 Å². The van der Waals surface area contributed by atoms with Gasteiger partial charge in [-0.2, -0.15) is 0 Å². The van der Waals surface area contributed by atoms with Gasteiger partial charge in [-0.1, -0.05) is 59.7 Å². The van der Waals surface area contributed by atoms with E-state index < -0.39 is 6.17 Å². The number of carbonyl (C=O) groups excluding carboxylic acids is 1. The van der Waals surface area contributed by atoms with Crippen molar-refractivity contribution >= 4 is 35.1 Å². The molecule has 10 nitrogen and oxygen atoms in total. The number of nitrogens with one attached hydrogen (secondary N) is 4. The van der Waals surface area contributed by atoms with Gasteiger partial charge in [0.25, 0.3) is 11.8 Å². The van der Waals surface area contributed by atoms with Gasteiger partial charge in [-0.15, -0.1) is 5.10 Å². The van der Waals surface area contributed by atoms with E-state index in [1.54, 1.807) is 13.3 Å². The smallest absolute Gasteiger partial charge is 0.317 e. The molecule has 2 aliphatic rings. The minimum Gasteiger partial charge on any atom is -0.403 e. The molecule has 0 saturated heterocycles. The first-order valence-corrected chi connectivity index (χ1v) is 11.7. The fourth-order valence-corrected chi connectivity index (χ4v) is 4.07. The second-order valence-corrected chi connectivity index (χ2v) is 8.21. The number of aromatic nitrogens is 2. The summed E-state index contributed by atoms with van der Waals surface area (Å²) in [7, 11) is 1.64. The van der Waals surface area contributed by atoms with Gasteiger partial charge in [0.05, 0.1) is 29.3 Å². The van der Waals surface area contributed by atoms with Crippen molar-refractivity contribution in [3.05, 3.63) is 101 Å². The van der Waals surface area contributed by atoms with E-state index in [4.69, 9.17) is 19.6 Å². The molecule has 1 unspecified atom stereocenters. The van der Waals surface area contributed by atoms with E-state index in [1.807, 2.05) is 66.7 Å². The van der Waals surface area contributed by atoms with E-state index in [9.17, 15) is 4.79 Å². The number of aliphatic imine (C=N–C) groups is 1. The Hall–Kier alpha value is -4.83. The quantitative estimate of drug-likeness (QED) is 0.349. The lowest BCUT2D eigenvalue weighted by molar-refractivity contribution is -0.116. The van der Waals surface area contributed by atoms with Crippen LogP contribution in [0.4, 0.5) is 11.7 Å². The number of nitrogens with zero attached hydrogens (tertiary/aromatic N) is 3. The number of allylic oxidation sites excluding steroid dienone is 4. The highest BCUT2D eigenvalue weighted by atomic mass is 16.5. The van der Waals surface area contributed by atoms with Crippen LogP contribution < -0.4 is 16.0 Å². The molecule has 0 aliphatic carbocycles. The van der Waals surface area contributed by atoms with Crippen molar-refractivity contribution in [2.24, 2.45) is 4.99 Å². The topological polar surface area (TPSA) is 138 Å². The zero-order valence-electron chi connectivity index (χ0n) is 20.1. The lowest BCUT2D eigenvalue weighted by Crippen LogP contribution is -2.32. The maximum atomic E-state index is 13.1. The predicted octanol–water partition coefficient (Wildman–Crippen LogP) is 3.74. The van der Waals surface area contributed by atoms with Crippen LogP contribution in [0.25, 0.3) is 5.57 Å². The summed E-state index contributed by atoms with van der Waals surface area (Å²) in [6.07, 6.45) is 6.34. The second-order valence-electron chi connectivity index (χ2n) is 8.21. The number of hydrogen-bond donors (Lipinski definition) is 4. The van der Waals surface area contributed by atoms with Gasteiger partial charge in [0.1, 0.15) is 0 Å². The molecule has 5 rings (SSSR count). The van der Waals surface area contributed by atoms with Gasteiger partial charge in [0.15, 0.2) is 0 Å². The summed E-state index contributed by atoms with van der Waals surface area (Å²) >= 11 is 0. The molecule has 1 atom stereocenters. The molecule has 4 N–H and O–H groups in total. The van der Waals surface area contributed by atoms with Crippen LogP contribution in [0.1, 0.15) is 23.4 Å². The number of fused-ring (bicyclic) bond motifs is 1. The minimum absolute atomic E-state index is 0.00555. The molecule has 10 heteroatoms. The van der Waals surface area contributed by atoms with Crippen LogP contribution in [0.15, 0.2) is 93.6 Å². The standard InChI is InChI=1S/C27H25N7O3/c1-36-15-13-18-10-7-14-29-22(18)20(16-28)26-33-34-27(37-26)32-24-25(35)30-21-12-6-5-11-19(21)23(31-24)17-8-3-2-4-9-17/h2-12,14,16,24,28-29H,13,15H2,1H3,(H,30,35)(H,32,34)/b22-20+,28-16?. The van der Waals surface area contributed by atoms with Crippen LogP contribution in [0.2, 0.25) is 0 Å². The number of benzene rings is 2.